The molecule has 0 unspecified atom stereocenters. The maximum Gasteiger partial charge on any atom is 0.488 e. The Morgan fingerprint density at radius 1 is 0.765 bits per heavy atom. The van der Waals surface area contributed by atoms with Crippen LogP contribution < -0.4 is 5.46 Å². The van der Waals surface area contributed by atoms with Gasteiger partial charge in [-0.1, -0.05) is 6.07 Å². The molecule has 7 heteroatoms. The molecule has 0 saturated carbocycles. The molecule has 1 aromatic carbocycles. The molecule has 0 bridgehead atoms. The largest absolute Gasteiger partial charge is 0.488 e. The van der Waals surface area contributed by atoms with Crippen molar-refractivity contribution in [1.82, 2.24) is 0 Å². The van der Waals surface area contributed by atoms with E-state index in [4.69, 9.17) is 15.2 Å². The molecule has 1 rings (SSSR count). The standard InChI is InChI=1S/C10H15BO6/c12-2-6-1-10(11(16)17)9(5-15)8(4-14)7(6)3-13/h1,12-17H,2-5H2. The van der Waals surface area contributed by atoms with Crippen molar-refractivity contribution >= 4 is 12.6 Å². The number of rotatable bonds is 5. The highest BCUT2D eigenvalue weighted by Crippen LogP contribution is 2.19. The summed E-state index contributed by atoms with van der Waals surface area (Å²) >= 11 is 0. The van der Waals surface area contributed by atoms with Gasteiger partial charge in [0.25, 0.3) is 0 Å². The van der Waals surface area contributed by atoms with E-state index in [1.165, 1.54) is 6.07 Å². The van der Waals surface area contributed by atoms with Gasteiger partial charge >= 0.3 is 7.12 Å². The van der Waals surface area contributed by atoms with Crippen molar-refractivity contribution in [1.29, 1.82) is 0 Å². The Morgan fingerprint density at radius 2 is 1.29 bits per heavy atom. The van der Waals surface area contributed by atoms with Crippen LogP contribution in [-0.4, -0.2) is 37.6 Å². The van der Waals surface area contributed by atoms with Crippen LogP contribution in [-0.2, 0) is 26.4 Å². The summed E-state index contributed by atoms with van der Waals surface area (Å²) in [4.78, 5) is 0. The average Bonchev–Trinajstić information content (AvgIpc) is 2.35. The highest BCUT2D eigenvalue weighted by molar-refractivity contribution is 6.59. The monoisotopic (exact) mass is 242 g/mol. The van der Waals surface area contributed by atoms with Crippen molar-refractivity contribution < 1.29 is 30.5 Å². The van der Waals surface area contributed by atoms with E-state index in [9.17, 15) is 15.3 Å². The summed E-state index contributed by atoms with van der Waals surface area (Å²) in [5.41, 5.74) is 0.964. The van der Waals surface area contributed by atoms with E-state index in [0.29, 0.717) is 5.56 Å². The molecule has 0 aliphatic heterocycles. The molecule has 1 aromatic rings. The molecule has 94 valence electrons. The van der Waals surface area contributed by atoms with Crippen LogP contribution in [0.1, 0.15) is 22.3 Å². The SMILES string of the molecule is OCc1cc(B(O)O)c(CO)c(CO)c1CO. The quantitative estimate of drug-likeness (QED) is 0.313. The predicted molar refractivity (Wildman–Crippen MR) is 60.0 cm³/mol. The van der Waals surface area contributed by atoms with Crippen LogP contribution in [0.15, 0.2) is 6.07 Å². The second kappa shape index (κ2) is 6.11. The van der Waals surface area contributed by atoms with E-state index in [1.807, 2.05) is 0 Å². The fourth-order valence-corrected chi connectivity index (χ4v) is 1.86. The molecule has 0 fully saturated rings. The first kappa shape index (κ1) is 14.1. The zero-order valence-electron chi connectivity index (χ0n) is 9.17. The summed E-state index contributed by atoms with van der Waals surface area (Å²) in [5.74, 6) is 0. The Hall–Kier alpha value is -0.955. The lowest BCUT2D eigenvalue weighted by atomic mass is 9.73. The number of hydrogen-bond acceptors (Lipinski definition) is 6. The van der Waals surface area contributed by atoms with E-state index < -0.39 is 33.5 Å². The first-order valence-electron chi connectivity index (χ1n) is 5.06. The lowest BCUT2D eigenvalue weighted by Crippen LogP contribution is -2.35. The van der Waals surface area contributed by atoms with E-state index >= 15 is 0 Å². The van der Waals surface area contributed by atoms with Crippen molar-refractivity contribution in [3.05, 3.63) is 28.3 Å². The van der Waals surface area contributed by atoms with E-state index in [1.54, 1.807) is 0 Å². The Morgan fingerprint density at radius 3 is 1.65 bits per heavy atom. The minimum Gasteiger partial charge on any atom is -0.423 e. The maximum absolute atomic E-state index is 9.22. The number of benzene rings is 1. The van der Waals surface area contributed by atoms with Gasteiger partial charge < -0.3 is 30.5 Å². The smallest absolute Gasteiger partial charge is 0.423 e. The summed E-state index contributed by atoms with van der Waals surface area (Å²) < 4.78 is 0. The molecule has 0 aliphatic rings. The van der Waals surface area contributed by atoms with Crippen LogP contribution in [0.4, 0.5) is 0 Å². The molecule has 0 spiro atoms. The van der Waals surface area contributed by atoms with Gasteiger partial charge in [0, 0.05) is 0 Å². The van der Waals surface area contributed by atoms with Gasteiger partial charge in [-0.05, 0) is 27.7 Å². The molecular formula is C10H15BO6. The van der Waals surface area contributed by atoms with Gasteiger partial charge in [0.05, 0.1) is 26.4 Å². The Bertz CT molecular complexity index is 393. The lowest BCUT2D eigenvalue weighted by Gasteiger charge is -2.18. The van der Waals surface area contributed by atoms with Crippen molar-refractivity contribution in [2.75, 3.05) is 0 Å². The van der Waals surface area contributed by atoms with E-state index in [2.05, 4.69) is 0 Å². The average molecular weight is 242 g/mol. The predicted octanol–water partition coefficient (Wildman–Crippen LogP) is -2.66. The maximum atomic E-state index is 9.22. The number of aliphatic hydroxyl groups is 4. The highest BCUT2D eigenvalue weighted by atomic mass is 16.4. The molecular weight excluding hydrogens is 227 g/mol. The summed E-state index contributed by atoms with van der Waals surface area (Å²) in [5, 5.41) is 55.0. The molecule has 6 N–H and O–H groups in total. The zero-order chi connectivity index (χ0) is 13.0. The Kier molecular flexibility index (Phi) is 5.07. The van der Waals surface area contributed by atoms with Gasteiger partial charge in [-0.25, -0.2) is 0 Å². The van der Waals surface area contributed by atoms with Gasteiger partial charge in [-0.15, -0.1) is 0 Å². The summed E-state index contributed by atoms with van der Waals surface area (Å²) in [6.45, 7) is -1.80. The van der Waals surface area contributed by atoms with E-state index in [-0.39, 0.29) is 22.2 Å². The topological polar surface area (TPSA) is 121 Å². The van der Waals surface area contributed by atoms with E-state index in [0.717, 1.165) is 0 Å². The van der Waals surface area contributed by atoms with Gasteiger partial charge in [-0.2, -0.15) is 0 Å². The molecule has 17 heavy (non-hydrogen) atoms. The Balaban J connectivity index is 3.54. The van der Waals surface area contributed by atoms with Crippen LogP contribution in [0, 0.1) is 0 Å². The van der Waals surface area contributed by atoms with Crippen molar-refractivity contribution in [3.63, 3.8) is 0 Å². The van der Waals surface area contributed by atoms with Gasteiger partial charge in [0.1, 0.15) is 0 Å². The van der Waals surface area contributed by atoms with Gasteiger partial charge in [0.15, 0.2) is 0 Å². The normalized spacial score (nSPS) is 10.7. The minimum absolute atomic E-state index is 0.0119. The van der Waals surface area contributed by atoms with Crippen LogP contribution >= 0.6 is 0 Å². The van der Waals surface area contributed by atoms with Crippen LogP contribution in [0.3, 0.4) is 0 Å². The van der Waals surface area contributed by atoms with Crippen LogP contribution in [0.25, 0.3) is 0 Å². The van der Waals surface area contributed by atoms with Crippen molar-refractivity contribution in [2.24, 2.45) is 0 Å². The third-order valence-electron chi connectivity index (χ3n) is 2.72. The molecule has 0 amide bonds. The van der Waals surface area contributed by atoms with Crippen molar-refractivity contribution in [3.8, 4) is 0 Å². The number of hydrogen-bond donors (Lipinski definition) is 6. The molecule has 6 nitrogen and oxygen atoms in total. The molecule has 0 atom stereocenters. The number of aliphatic hydroxyl groups excluding tert-OH is 4. The van der Waals surface area contributed by atoms with Crippen LogP contribution in [0.2, 0.25) is 0 Å². The lowest BCUT2D eigenvalue weighted by molar-refractivity contribution is 0.240. The third kappa shape index (κ3) is 2.66. The Labute approximate surface area is 98.5 Å². The summed E-state index contributed by atoms with van der Waals surface area (Å²) in [6, 6.07) is 1.29. The second-order valence-corrected chi connectivity index (χ2v) is 3.57. The van der Waals surface area contributed by atoms with Crippen LogP contribution in [0.5, 0.6) is 0 Å². The highest BCUT2D eigenvalue weighted by Gasteiger charge is 2.22. The fraction of sp³-hybridized carbons (Fsp3) is 0.400. The fourth-order valence-electron chi connectivity index (χ4n) is 1.86. The first-order valence-corrected chi connectivity index (χ1v) is 5.06. The zero-order valence-corrected chi connectivity index (χ0v) is 9.17. The summed E-state index contributed by atoms with van der Waals surface area (Å²) in [7, 11) is -1.82. The minimum atomic E-state index is -1.82. The second-order valence-electron chi connectivity index (χ2n) is 3.57. The summed E-state index contributed by atoms with van der Waals surface area (Å²) in [6.07, 6.45) is 0. The molecule has 0 aliphatic carbocycles. The van der Waals surface area contributed by atoms with Gasteiger partial charge in [0.2, 0.25) is 0 Å². The first-order chi connectivity index (χ1) is 8.10. The third-order valence-corrected chi connectivity index (χ3v) is 2.72. The van der Waals surface area contributed by atoms with Crippen molar-refractivity contribution in [2.45, 2.75) is 26.4 Å². The van der Waals surface area contributed by atoms with Gasteiger partial charge in [-0.3, -0.25) is 0 Å². The molecule has 0 saturated heterocycles. The molecule has 0 radical (unpaired) electrons. The molecule has 0 heterocycles. The molecule has 0 aromatic heterocycles.